The molecule has 1 saturated carbocycles. The van der Waals surface area contributed by atoms with E-state index < -0.39 is 0 Å². The predicted molar refractivity (Wildman–Crippen MR) is 84.7 cm³/mol. The summed E-state index contributed by atoms with van der Waals surface area (Å²) in [7, 11) is 1.94. The zero-order valence-corrected chi connectivity index (χ0v) is 13.4. The van der Waals surface area contributed by atoms with Crippen LogP contribution >= 0.6 is 15.9 Å². The molecular weight excluding hydrogens is 332 g/mol. The van der Waals surface area contributed by atoms with E-state index in [9.17, 15) is 4.79 Å². The topological polar surface area (TPSA) is 64.2 Å². The second kappa shape index (κ2) is 5.52. The highest BCUT2D eigenvalue weighted by molar-refractivity contribution is 9.10. The van der Waals surface area contributed by atoms with E-state index in [-0.39, 0.29) is 5.91 Å². The van der Waals surface area contributed by atoms with Crippen molar-refractivity contribution in [1.29, 1.82) is 0 Å². The van der Waals surface area contributed by atoms with Gasteiger partial charge >= 0.3 is 0 Å². The lowest BCUT2D eigenvalue weighted by atomic mass is 10.1. The molecule has 0 atom stereocenters. The third-order valence-corrected chi connectivity index (χ3v) is 4.11. The number of rotatable bonds is 4. The number of nitrogens with zero attached hydrogens (tertiary/aromatic N) is 3. The monoisotopic (exact) mass is 348 g/mol. The van der Waals surface area contributed by atoms with Gasteiger partial charge in [-0.3, -0.25) is 4.79 Å². The quantitative estimate of drug-likeness (QED) is 0.863. The maximum atomic E-state index is 12.8. The molecule has 0 unspecified atom stereocenters. The number of carbonyl (C=O) groups excluding carboxylic acids is 1. The van der Waals surface area contributed by atoms with Crippen LogP contribution in [-0.2, 0) is 13.6 Å². The van der Waals surface area contributed by atoms with Crippen LogP contribution in [0, 0.1) is 0 Å². The van der Waals surface area contributed by atoms with Gasteiger partial charge in [0.15, 0.2) is 0 Å². The second-order valence-electron chi connectivity index (χ2n) is 5.39. The van der Waals surface area contributed by atoms with E-state index in [2.05, 4.69) is 20.9 Å². The Morgan fingerprint density at radius 1 is 1.48 bits per heavy atom. The molecule has 0 saturated heterocycles. The molecule has 6 heteroatoms. The van der Waals surface area contributed by atoms with Gasteiger partial charge in [-0.1, -0.05) is 15.9 Å². The van der Waals surface area contributed by atoms with E-state index in [0.717, 1.165) is 23.1 Å². The molecule has 1 fully saturated rings. The third kappa shape index (κ3) is 3.10. The summed E-state index contributed by atoms with van der Waals surface area (Å²) < 4.78 is 2.76. The van der Waals surface area contributed by atoms with E-state index in [0.29, 0.717) is 23.8 Å². The van der Waals surface area contributed by atoms with Gasteiger partial charge in [0.25, 0.3) is 5.91 Å². The fourth-order valence-electron chi connectivity index (χ4n) is 2.36. The summed E-state index contributed by atoms with van der Waals surface area (Å²) in [5, 5.41) is 0. The lowest BCUT2D eigenvalue weighted by Gasteiger charge is -2.22. The van der Waals surface area contributed by atoms with Crippen molar-refractivity contribution in [3.05, 3.63) is 46.5 Å². The van der Waals surface area contributed by atoms with Crippen molar-refractivity contribution < 1.29 is 4.79 Å². The van der Waals surface area contributed by atoms with E-state index in [1.54, 1.807) is 18.3 Å². The van der Waals surface area contributed by atoms with Gasteiger partial charge in [-0.15, -0.1) is 0 Å². The summed E-state index contributed by atoms with van der Waals surface area (Å²) in [6, 6.07) is 5.64. The summed E-state index contributed by atoms with van der Waals surface area (Å²) in [4.78, 5) is 19.0. The Hall–Kier alpha value is -1.82. The van der Waals surface area contributed by atoms with E-state index in [1.807, 2.05) is 28.8 Å². The second-order valence-corrected chi connectivity index (χ2v) is 6.31. The highest BCUT2D eigenvalue weighted by Gasteiger charge is 2.33. The molecule has 21 heavy (non-hydrogen) atoms. The van der Waals surface area contributed by atoms with Crippen LogP contribution in [0.25, 0.3) is 0 Å². The Bertz CT molecular complexity index is 658. The van der Waals surface area contributed by atoms with Crippen molar-refractivity contribution >= 4 is 27.5 Å². The molecule has 110 valence electrons. The predicted octanol–water partition coefficient (Wildman–Crippen LogP) is 2.57. The van der Waals surface area contributed by atoms with Crippen LogP contribution in [0.2, 0.25) is 0 Å². The molecule has 1 amide bonds. The molecule has 1 aliphatic rings. The van der Waals surface area contributed by atoms with Crippen molar-refractivity contribution in [1.82, 2.24) is 14.5 Å². The molecule has 1 aliphatic carbocycles. The minimum absolute atomic E-state index is 0.00787. The average Bonchev–Trinajstić information content (AvgIpc) is 3.18. The molecule has 0 bridgehead atoms. The van der Waals surface area contributed by atoms with Crippen LogP contribution in [0.5, 0.6) is 0 Å². The number of amides is 1. The Kier molecular flexibility index (Phi) is 3.71. The van der Waals surface area contributed by atoms with Crippen molar-refractivity contribution in [2.24, 2.45) is 7.05 Å². The normalized spacial score (nSPS) is 14.2. The van der Waals surface area contributed by atoms with Crippen LogP contribution in [0.4, 0.5) is 5.69 Å². The molecule has 0 radical (unpaired) electrons. The molecule has 5 nitrogen and oxygen atoms in total. The van der Waals surface area contributed by atoms with Gasteiger partial charge < -0.3 is 15.2 Å². The first kappa shape index (κ1) is 14.1. The molecule has 1 aromatic heterocycles. The Balaban J connectivity index is 1.86. The molecule has 1 aromatic carbocycles. The summed E-state index contributed by atoms with van der Waals surface area (Å²) in [6.07, 6.45) is 5.75. The number of nitrogen functional groups attached to an aromatic ring is 1. The smallest absolute Gasteiger partial charge is 0.254 e. The molecule has 0 aliphatic heterocycles. The summed E-state index contributed by atoms with van der Waals surface area (Å²) in [5.41, 5.74) is 7.03. The minimum Gasteiger partial charge on any atom is -0.399 e. The molecular formula is C15H17BrN4O. The lowest BCUT2D eigenvalue weighted by molar-refractivity contribution is 0.0724. The fourth-order valence-corrected chi connectivity index (χ4v) is 2.87. The molecule has 1 heterocycles. The Morgan fingerprint density at radius 3 is 2.81 bits per heavy atom. The zero-order chi connectivity index (χ0) is 15.0. The first-order valence-electron chi connectivity index (χ1n) is 6.88. The van der Waals surface area contributed by atoms with Gasteiger partial charge in [0, 0.05) is 41.2 Å². The first-order chi connectivity index (χ1) is 10.0. The van der Waals surface area contributed by atoms with Gasteiger partial charge in [0.1, 0.15) is 5.82 Å². The van der Waals surface area contributed by atoms with E-state index in [1.165, 1.54) is 0 Å². The SMILES string of the molecule is Cn1ccnc1CN(C(=O)c1cc(N)cc(Br)c1)C1CC1. The largest absolute Gasteiger partial charge is 0.399 e. The summed E-state index contributed by atoms with van der Waals surface area (Å²) in [6.45, 7) is 0.527. The van der Waals surface area contributed by atoms with Gasteiger partial charge in [-0.2, -0.15) is 0 Å². The average molecular weight is 349 g/mol. The van der Waals surface area contributed by atoms with Crippen molar-refractivity contribution in [3.8, 4) is 0 Å². The Morgan fingerprint density at radius 2 is 2.24 bits per heavy atom. The van der Waals surface area contributed by atoms with Crippen LogP contribution in [0.15, 0.2) is 35.1 Å². The fraction of sp³-hybridized carbons (Fsp3) is 0.333. The van der Waals surface area contributed by atoms with E-state index >= 15 is 0 Å². The van der Waals surface area contributed by atoms with Gasteiger partial charge in [0.2, 0.25) is 0 Å². The number of anilines is 1. The van der Waals surface area contributed by atoms with Crippen molar-refractivity contribution in [2.45, 2.75) is 25.4 Å². The number of benzene rings is 1. The molecule has 2 aromatic rings. The number of halogens is 1. The van der Waals surface area contributed by atoms with Crippen LogP contribution < -0.4 is 5.73 Å². The van der Waals surface area contributed by atoms with Crippen LogP contribution in [0.1, 0.15) is 29.0 Å². The summed E-state index contributed by atoms with van der Waals surface area (Å²) in [5.74, 6) is 0.895. The zero-order valence-electron chi connectivity index (χ0n) is 11.8. The van der Waals surface area contributed by atoms with E-state index in [4.69, 9.17) is 5.73 Å². The van der Waals surface area contributed by atoms with Gasteiger partial charge in [-0.05, 0) is 31.0 Å². The number of hydrogen-bond acceptors (Lipinski definition) is 3. The van der Waals surface area contributed by atoms with Gasteiger partial charge in [-0.25, -0.2) is 4.98 Å². The van der Waals surface area contributed by atoms with Crippen molar-refractivity contribution in [2.75, 3.05) is 5.73 Å². The lowest BCUT2D eigenvalue weighted by Crippen LogP contribution is -2.33. The number of imidazole rings is 1. The maximum Gasteiger partial charge on any atom is 0.254 e. The molecule has 0 spiro atoms. The maximum absolute atomic E-state index is 12.8. The highest BCUT2D eigenvalue weighted by Crippen LogP contribution is 2.30. The van der Waals surface area contributed by atoms with Crippen LogP contribution in [0.3, 0.4) is 0 Å². The number of aromatic nitrogens is 2. The van der Waals surface area contributed by atoms with Gasteiger partial charge in [0.05, 0.1) is 6.54 Å². The highest BCUT2D eigenvalue weighted by atomic mass is 79.9. The number of nitrogens with two attached hydrogens (primary N) is 1. The van der Waals surface area contributed by atoms with Crippen LogP contribution in [-0.4, -0.2) is 26.4 Å². The Labute approximate surface area is 131 Å². The minimum atomic E-state index is 0.00787. The first-order valence-corrected chi connectivity index (χ1v) is 7.67. The standard InChI is InChI=1S/C15H17BrN4O/c1-19-5-4-18-14(19)9-20(13-2-3-13)15(21)10-6-11(16)8-12(17)7-10/h4-8,13H,2-3,9,17H2,1H3. The molecule has 3 rings (SSSR count). The molecule has 2 N–H and O–H groups in total. The van der Waals surface area contributed by atoms with Crippen molar-refractivity contribution in [3.63, 3.8) is 0 Å². The number of carbonyl (C=O) groups is 1. The summed E-state index contributed by atoms with van der Waals surface area (Å²) >= 11 is 3.39. The number of aryl methyl sites for hydroxylation is 1. The number of hydrogen-bond donors (Lipinski definition) is 1. The third-order valence-electron chi connectivity index (χ3n) is 3.65.